The Kier molecular flexibility index (Phi) is 3.10. The zero-order chi connectivity index (χ0) is 14.5. The minimum absolute atomic E-state index is 0.347. The van der Waals surface area contributed by atoms with Gasteiger partial charge in [-0.15, -0.1) is 0 Å². The van der Waals surface area contributed by atoms with Crippen molar-refractivity contribution >= 4 is 12.6 Å². The van der Waals surface area contributed by atoms with Crippen LogP contribution < -0.4 is 10.2 Å². The minimum Gasteiger partial charge on any atom is -0.490 e. The maximum atomic E-state index is 14.6. The van der Waals surface area contributed by atoms with Crippen LogP contribution in [0, 0.1) is 5.82 Å². The van der Waals surface area contributed by atoms with Crippen molar-refractivity contribution in [1.29, 1.82) is 0 Å². The fraction of sp³-hybridized carbons (Fsp3) is 0.600. The van der Waals surface area contributed by atoms with Crippen molar-refractivity contribution in [2.45, 2.75) is 51.7 Å². The van der Waals surface area contributed by atoms with Crippen molar-refractivity contribution in [3.8, 4) is 5.75 Å². The van der Waals surface area contributed by atoms with Crippen LogP contribution in [0.15, 0.2) is 12.1 Å². The van der Waals surface area contributed by atoms with Gasteiger partial charge in [0.25, 0.3) is 0 Å². The molecule has 0 unspecified atom stereocenters. The summed E-state index contributed by atoms with van der Waals surface area (Å²) in [6.45, 7) is 8.40. The second-order valence-electron chi connectivity index (χ2n) is 6.50. The summed E-state index contributed by atoms with van der Waals surface area (Å²) in [7, 11) is -0.684. The van der Waals surface area contributed by atoms with Gasteiger partial charge in [0.1, 0.15) is 0 Å². The highest BCUT2D eigenvalue weighted by atomic mass is 19.1. The summed E-state index contributed by atoms with van der Waals surface area (Å²) in [5.74, 6) is 0.0177. The molecule has 0 bridgehead atoms. The summed E-state index contributed by atoms with van der Waals surface area (Å²) in [5.41, 5.74) is 0.403. The first-order chi connectivity index (χ1) is 9.32. The highest BCUT2D eigenvalue weighted by Crippen LogP contribution is 2.37. The molecule has 5 heteroatoms. The normalized spacial score (nSPS) is 23.4. The third-order valence-corrected chi connectivity index (χ3v) is 4.55. The number of benzene rings is 1. The smallest absolute Gasteiger partial charge is 0.490 e. The Hall–Kier alpha value is -1.07. The van der Waals surface area contributed by atoms with Crippen LogP contribution in [0.2, 0.25) is 0 Å². The molecule has 1 aromatic carbocycles. The number of hydrogen-bond acceptors (Lipinski definition) is 3. The molecule has 3 nitrogen and oxygen atoms in total. The van der Waals surface area contributed by atoms with Gasteiger partial charge in [-0.1, -0.05) is 12.1 Å². The standard InChI is InChI=1S/C15H20BFO3/c1-14(2)15(3,4)20-16(19-14)11-8-7-10-6-5-9-18-13(10)12(11)17/h7-8H,5-6,9H2,1-4H3. The zero-order valence-electron chi connectivity index (χ0n) is 12.5. The molecule has 2 aliphatic heterocycles. The number of fused-ring (bicyclic) bond motifs is 1. The third kappa shape index (κ3) is 2.04. The number of hydrogen-bond donors (Lipinski definition) is 0. The van der Waals surface area contributed by atoms with E-state index in [1.807, 2.05) is 33.8 Å². The average Bonchev–Trinajstić information content (AvgIpc) is 2.59. The summed E-state index contributed by atoms with van der Waals surface area (Å²) in [5, 5.41) is 0. The van der Waals surface area contributed by atoms with Crippen molar-refractivity contribution in [1.82, 2.24) is 0 Å². The number of rotatable bonds is 1. The Balaban J connectivity index is 1.96. The summed E-state index contributed by atoms with van der Waals surface area (Å²) in [6, 6.07) is 3.67. The third-order valence-electron chi connectivity index (χ3n) is 4.55. The maximum Gasteiger partial charge on any atom is 0.497 e. The SMILES string of the molecule is CC1(C)OB(c2ccc3c(c2F)OCCC3)OC1(C)C. The molecule has 2 heterocycles. The van der Waals surface area contributed by atoms with Crippen molar-refractivity contribution in [3.63, 3.8) is 0 Å². The Morgan fingerprint density at radius 3 is 2.40 bits per heavy atom. The molecule has 1 aromatic rings. The van der Waals surface area contributed by atoms with Crippen LogP contribution in [0.1, 0.15) is 39.7 Å². The monoisotopic (exact) mass is 278 g/mol. The number of halogens is 1. The molecule has 2 aliphatic rings. The van der Waals surface area contributed by atoms with Gasteiger partial charge in [-0.25, -0.2) is 4.39 Å². The van der Waals surface area contributed by atoms with Gasteiger partial charge in [-0.05, 0) is 46.1 Å². The lowest BCUT2D eigenvalue weighted by Crippen LogP contribution is -2.41. The average molecular weight is 278 g/mol. The van der Waals surface area contributed by atoms with E-state index in [1.165, 1.54) is 0 Å². The summed E-state index contributed by atoms with van der Waals surface area (Å²) >= 11 is 0. The molecular formula is C15H20BFO3. The molecule has 0 N–H and O–H groups in total. The first-order valence-electron chi connectivity index (χ1n) is 7.11. The van der Waals surface area contributed by atoms with Crippen LogP contribution in [-0.4, -0.2) is 24.9 Å². The second-order valence-corrected chi connectivity index (χ2v) is 6.50. The van der Waals surface area contributed by atoms with E-state index in [-0.39, 0.29) is 5.82 Å². The molecule has 0 radical (unpaired) electrons. The van der Waals surface area contributed by atoms with E-state index >= 15 is 0 Å². The van der Waals surface area contributed by atoms with Gasteiger partial charge in [-0.3, -0.25) is 0 Å². The highest BCUT2D eigenvalue weighted by molar-refractivity contribution is 6.62. The highest BCUT2D eigenvalue weighted by Gasteiger charge is 2.52. The quantitative estimate of drug-likeness (QED) is 0.738. The van der Waals surface area contributed by atoms with Gasteiger partial charge in [0.05, 0.1) is 17.8 Å². The molecule has 1 saturated heterocycles. The van der Waals surface area contributed by atoms with E-state index < -0.39 is 18.3 Å². The van der Waals surface area contributed by atoms with Gasteiger partial charge in [-0.2, -0.15) is 0 Å². The van der Waals surface area contributed by atoms with E-state index in [4.69, 9.17) is 14.0 Å². The summed E-state index contributed by atoms with van der Waals surface area (Å²) in [6.07, 6.45) is 1.79. The van der Waals surface area contributed by atoms with Gasteiger partial charge in [0, 0.05) is 5.46 Å². The lowest BCUT2D eigenvalue weighted by Gasteiger charge is -2.32. The van der Waals surface area contributed by atoms with Crippen LogP contribution in [-0.2, 0) is 15.7 Å². The fourth-order valence-electron chi connectivity index (χ4n) is 2.55. The van der Waals surface area contributed by atoms with E-state index in [2.05, 4.69) is 0 Å². The molecule has 0 saturated carbocycles. The van der Waals surface area contributed by atoms with Crippen LogP contribution in [0.3, 0.4) is 0 Å². The van der Waals surface area contributed by atoms with Crippen LogP contribution >= 0.6 is 0 Å². The van der Waals surface area contributed by atoms with Crippen molar-refractivity contribution in [2.75, 3.05) is 6.61 Å². The van der Waals surface area contributed by atoms with Gasteiger partial charge >= 0.3 is 7.12 Å². The molecule has 1 fully saturated rings. The Morgan fingerprint density at radius 1 is 1.10 bits per heavy atom. The number of aryl methyl sites for hydroxylation is 1. The fourth-order valence-corrected chi connectivity index (χ4v) is 2.55. The molecule has 0 atom stereocenters. The lowest BCUT2D eigenvalue weighted by molar-refractivity contribution is 0.00578. The molecule has 0 amide bonds. The minimum atomic E-state index is -0.684. The predicted octanol–water partition coefficient (Wildman–Crippen LogP) is 2.45. The van der Waals surface area contributed by atoms with Gasteiger partial charge in [0.15, 0.2) is 11.6 Å². The Morgan fingerprint density at radius 2 is 1.75 bits per heavy atom. The first-order valence-corrected chi connectivity index (χ1v) is 7.11. The second kappa shape index (κ2) is 4.47. The van der Waals surface area contributed by atoms with E-state index in [0.717, 1.165) is 18.4 Å². The molecule has 108 valence electrons. The molecule has 0 aromatic heterocycles. The first kappa shape index (κ1) is 13.9. The van der Waals surface area contributed by atoms with Crippen LogP contribution in [0.25, 0.3) is 0 Å². The van der Waals surface area contributed by atoms with Crippen molar-refractivity contribution in [3.05, 3.63) is 23.5 Å². The zero-order valence-corrected chi connectivity index (χ0v) is 12.5. The van der Waals surface area contributed by atoms with Gasteiger partial charge in [0.2, 0.25) is 0 Å². The Labute approximate surface area is 119 Å². The largest absolute Gasteiger partial charge is 0.497 e. The summed E-state index contributed by atoms with van der Waals surface area (Å²) in [4.78, 5) is 0. The molecular weight excluding hydrogens is 258 g/mol. The predicted molar refractivity (Wildman–Crippen MR) is 75.9 cm³/mol. The lowest BCUT2D eigenvalue weighted by atomic mass is 9.77. The van der Waals surface area contributed by atoms with Gasteiger partial charge < -0.3 is 14.0 Å². The number of ether oxygens (including phenoxy) is 1. The molecule has 20 heavy (non-hydrogen) atoms. The van der Waals surface area contributed by atoms with Crippen LogP contribution in [0.4, 0.5) is 4.39 Å². The van der Waals surface area contributed by atoms with E-state index in [1.54, 1.807) is 6.07 Å². The molecule has 0 aliphatic carbocycles. The summed E-state index contributed by atoms with van der Waals surface area (Å²) < 4.78 is 31.9. The molecule has 0 spiro atoms. The topological polar surface area (TPSA) is 27.7 Å². The maximum absolute atomic E-state index is 14.6. The van der Waals surface area contributed by atoms with Crippen molar-refractivity contribution < 1.29 is 18.4 Å². The Bertz CT molecular complexity index is 526. The molecule has 3 rings (SSSR count). The van der Waals surface area contributed by atoms with E-state index in [0.29, 0.717) is 17.8 Å². The van der Waals surface area contributed by atoms with Crippen molar-refractivity contribution in [2.24, 2.45) is 0 Å². The van der Waals surface area contributed by atoms with E-state index in [9.17, 15) is 4.39 Å². The van der Waals surface area contributed by atoms with Crippen LogP contribution in [0.5, 0.6) is 5.75 Å².